The molecule has 0 aliphatic carbocycles. The number of ether oxygens (including phenoxy) is 1. The van der Waals surface area contributed by atoms with Crippen molar-refractivity contribution in [3.63, 3.8) is 0 Å². The maximum Gasteiger partial charge on any atom is 0.385 e. The third kappa shape index (κ3) is 5.49. The van der Waals surface area contributed by atoms with Crippen molar-refractivity contribution in [1.82, 2.24) is 5.32 Å². The van der Waals surface area contributed by atoms with Crippen molar-refractivity contribution in [2.24, 2.45) is 0 Å². The molecule has 122 valence electrons. The molecule has 0 spiro atoms. The molecule has 1 N–H and O–H groups in total. The molecule has 2 aromatic carbocycles. The second kappa shape index (κ2) is 9.43. The van der Waals surface area contributed by atoms with E-state index in [1.165, 1.54) is 0 Å². The number of esters is 1. The summed E-state index contributed by atoms with van der Waals surface area (Å²) < 4.78 is 4.74. The highest BCUT2D eigenvalue weighted by molar-refractivity contribution is 8.04. The van der Waals surface area contributed by atoms with Gasteiger partial charge in [-0.15, -0.1) is 0 Å². The minimum absolute atomic E-state index is 0.181. The number of hydrogen-bond acceptors (Lipinski definition) is 4. The predicted octanol–water partition coefficient (Wildman–Crippen LogP) is 3.23. The van der Waals surface area contributed by atoms with Crippen LogP contribution < -0.4 is 5.32 Å². The highest BCUT2D eigenvalue weighted by Crippen LogP contribution is 2.21. The number of carbonyl (C=O) groups excluding carboxylic acids is 2. The lowest BCUT2D eigenvalue weighted by atomic mass is 10.2. The van der Waals surface area contributed by atoms with E-state index < -0.39 is 5.97 Å². The van der Waals surface area contributed by atoms with E-state index in [4.69, 9.17) is 4.74 Å². The summed E-state index contributed by atoms with van der Waals surface area (Å²) in [5.41, 5.74) is 1.55. The minimum Gasteiger partial charge on any atom is -0.456 e. The van der Waals surface area contributed by atoms with E-state index in [9.17, 15) is 9.59 Å². The predicted molar refractivity (Wildman–Crippen MR) is 94.3 cm³/mol. The first kappa shape index (κ1) is 17.6. The third-order valence-electron chi connectivity index (χ3n) is 3.02. The van der Waals surface area contributed by atoms with Gasteiger partial charge in [0.1, 0.15) is 0 Å². The van der Waals surface area contributed by atoms with E-state index in [0.29, 0.717) is 17.0 Å². The van der Waals surface area contributed by atoms with Crippen LogP contribution in [0.1, 0.15) is 22.8 Å². The molecule has 0 aliphatic heterocycles. The van der Waals surface area contributed by atoms with Crippen molar-refractivity contribution < 1.29 is 14.3 Å². The number of carbonyl (C=O) groups is 2. The highest BCUT2D eigenvalue weighted by atomic mass is 32.2. The molecule has 0 aliphatic rings. The molecule has 0 saturated carbocycles. The number of thioether (sulfide) groups is 1. The van der Waals surface area contributed by atoms with E-state index in [1.807, 2.05) is 36.4 Å². The van der Waals surface area contributed by atoms with Gasteiger partial charge in [0.25, 0.3) is 5.91 Å². The molecule has 0 unspecified atom stereocenters. The third-order valence-corrected chi connectivity index (χ3v) is 3.80. The van der Waals surface area contributed by atoms with Gasteiger partial charge >= 0.3 is 5.97 Å². The number of benzene rings is 2. The van der Waals surface area contributed by atoms with Crippen LogP contribution in [0, 0.1) is 11.2 Å². The topological polar surface area (TPSA) is 55.4 Å². The summed E-state index contributed by atoms with van der Waals surface area (Å²) in [6, 6.07) is 16.8. The molecule has 0 bridgehead atoms. The quantitative estimate of drug-likeness (QED) is 0.516. The zero-order chi connectivity index (χ0) is 17.2. The van der Waals surface area contributed by atoms with Crippen molar-refractivity contribution in [3.8, 4) is 11.2 Å². The van der Waals surface area contributed by atoms with Crippen LogP contribution in [0.2, 0.25) is 0 Å². The Labute approximate surface area is 145 Å². The molecule has 0 radical (unpaired) electrons. The second-order valence-corrected chi connectivity index (χ2v) is 5.56. The molecule has 0 heterocycles. The molecule has 5 heteroatoms. The molecular weight excluding hydrogens is 322 g/mol. The van der Waals surface area contributed by atoms with Crippen LogP contribution in [-0.4, -0.2) is 18.5 Å². The summed E-state index contributed by atoms with van der Waals surface area (Å²) in [6.07, 6.45) is 0. The van der Waals surface area contributed by atoms with Crippen LogP contribution in [0.5, 0.6) is 0 Å². The van der Waals surface area contributed by atoms with E-state index in [2.05, 4.69) is 16.5 Å². The van der Waals surface area contributed by atoms with E-state index in [1.54, 1.807) is 25.1 Å². The summed E-state index contributed by atoms with van der Waals surface area (Å²) in [7, 11) is 0. The minimum atomic E-state index is -0.573. The van der Waals surface area contributed by atoms with E-state index >= 15 is 0 Å². The van der Waals surface area contributed by atoms with Gasteiger partial charge in [-0.2, -0.15) is 0 Å². The van der Waals surface area contributed by atoms with Gasteiger partial charge < -0.3 is 10.1 Å². The highest BCUT2D eigenvalue weighted by Gasteiger charge is 2.10. The Balaban J connectivity index is 2.02. The molecule has 1 amide bonds. The summed E-state index contributed by atoms with van der Waals surface area (Å²) in [4.78, 5) is 24.3. The zero-order valence-corrected chi connectivity index (χ0v) is 14.1. The lowest BCUT2D eigenvalue weighted by Gasteiger charge is -2.08. The summed E-state index contributed by atoms with van der Waals surface area (Å²) in [6.45, 7) is 2.46. The average Bonchev–Trinajstić information content (AvgIpc) is 2.61. The first-order valence-corrected chi connectivity index (χ1v) is 8.28. The maximum absolute atomic E-state index is 12.4. The van der Waals surface area contributed by atoms with Crippen LogP contribution in [0.25, 0.3) is 0 Å². The lowest BCUT2D eigenvalue weighted by molar-refractivity contribution is -0.136. The van der Waals surface area contributed by atoms with E-state index in [-0.39, 0.29) is 12.5 Å². The molecule has 4 nitrogen and oxygen atoms in total. The summed E-state index contributed by atoms with van der Waals surface area (Å²) >= 11 is 1.13. The fraction of sp³-hybridized carbons (Fsp3) is 0.158. The smallest absolute Gasteiger partial charge is 0.385 e. The first-order chi connectivity index (χ1) is 11.7. The molecule has 0 aromatic heterocycles. The van der Waals surface area contributed by atoms with Gasteiger partial charge in [0.05, 0.1) is 12.2 Å². The number of nitrogens with one attached hydrogen (secondary N) is 1. The fourth-order valence-corrected chi connectivity index (χ4v) is 2.57. The maximum atomic E-state index is 12.4. The SMILES string of the molecule is CCOC(=O)C#CSc1ccccc1C(=O)NCc1ccccc1. The Bertz CT molecular complexity index is 763. The van der Waals surface area contributed by atoms with Crippen LogP contribution in [-0.2, 0) is 16.1 Å². The van der Waals surface area contributed by atoms with Crippen molar-refractivity contribution in [2.75, 3.05) is 6.61 Å². The molecule has 24 heavy (non-hydrogen) atoms. The number of rotatable bonds is 5. The molecule has 0 fully saturated rings. The van der Waals surface area contributed by atoms with Gasteiger partial charge in [-0.3, -0.25) is 4.79 Å². The molecule has 0 saturated heterocycles. The summed E-state index contributed by atoms with van der Waals surface area (Å²) in [5, 5.41) is 5.55. The van der Waals surface area contributed by atoms with Crippen LogP contribution in [0.15, 0.2) is 59.5 Å². The molecule has 0 atom stereocenters. The van der Waals surface area contributed by atoms with Gasteiger partial charge in [-0.1, -0.05) is 42.5 Å². The van der Waals surface area contributed by atoms with Crippen molar-refractivity contribution in [1.29, 1.82) is 0 Å². The Hall–Kier alpha value is -2.71. The van der Waals surface area contributed by atoms with Gasteiger partial charge in [-0.05, 0) is 41.6 Å². The molecule has 2 aromatic rings. The van der Waals surface area contributed by atoms with Crippen molar-refractivity contribution in [2.45, 2.75) is 18.4 Å². The fourth-order valence-electron chi connectivity index (χ4n) is 1.91. The Morgan fingerprint density at radius 1 is 1.08 bits per heavy atom. The van der Waals surface area contributed by atoms with Crippen molar-refractivity contribution >= 4 is 23.6 Å². The van der Waals surface area contributed by atoms with Crippen molar-refractivity contribution in [3.05, 3.63) is 65.7 Å². The average molecular weight is 339 g/mol. The number of amides is 1. The van der Waals surface area contributed by atoms with Crippen LogP contribution in [0.4, 0.5) is 0 Å². The Morgan fingerprint density at radius 2 is 1.79 bits per heavy atom. The van der Waals surface area contributed by atoms with E-state index in [0.717, 1.165) is 17.3 Å². The monoisotopic (exact) mass is 339 g/mol. The van der Waals surface area contributed by atoms with Crippen LogP contribution >= 0.6 is 11.8 Å². The van der Waals surface area contributed by atoms with Gasteiger partial charge in [0, 0.05) is 17.4 Å². The molecular formula is C19H17NO3S. The Kier molecular flexibility index (Phi) is 6.93. The van der Waals surface area contributed by atoms with Gasteiger partial charge in [0.15, 0.2) is 0 Å². The first-order valence-electron chi connectivity index (χ1n) is 7.46. The zero-order valence-electron chi connectivity index (χ0n) is 13.2. The van der Waals surface area contributed by atoms with Gasteiger partial charge in [0.2, 0.25) is 0 Å². The Morgan fingerprint density at radius 3 is 2.54 bits per heavy atom. The standard InChI is InChI=1S/C19H17NO3S/c1-2-23-18(21)12-13-24-17-11-7-6-10-16(17)19(22)20-14-15-8-4-3-5-9-15/h3-11H,2,14H2,1H3,(H,20,22). The largest absolute Gasteiger partial charge is 0.456 e. The second-order valence-electron chi connectivity index (χ2n) is 4.71. The number of hydrogen-bond donors (Lipinski definition) is 1. The normalized spacial score (nSPS) is 9.54. The summed E-state index contributed by atoms with van der Waals surface area (Å²) in [5.74, 6) is 1.62. The van der Waals surface area contributed by atoms with Gasteiger partial charge in [-0.25, -0.2) is 4.79 Å². The van der Waals surface area contributed by atoms with Crippen LogP contribution in [0.3, 0.4) is 0 Å². The lowest BCUT2D eigenvalue weighted by Crippen LogP contribution is -2.23. The molecule has 2 rings (SSSR count).